The highest BCUT2D eigenvalue weighted by Crippen LogP contribution is 2.49. The highest BCUT2D eigenvalue weighted by Gasteiger charge is 2.37. The number of fused-ring (bicyclic) bond motifs is 3. The van der Waals surface area contributed by atoms with Crippen LogP contribution in [0.2, 0.25) is 0 Å². The van der Waals surface area contributed by atoms with E-state index in [4.69, 9.17) is 14.5 Å². The van der Waals surface area contributed by atoms with Gasteiger partial charge in [-0.05, 0) is 87.8 Å². The smallest absolute Gasteiger partial charge is 0.175 e. The molecule has 0 radical (unpaired) electrons. The molecular formula is C34H31BrN2O2. The van der Waals surface area contributed by atoms with Gasteiger partial charge in [-0.25, -0.2) is 0 Å². The average molecular weight is 580 g/mol. The Morgan fingerprint density at radius 2 is 1.79 bits per heavy atom. The van der Waals surface area contributed by atoms with Crippen molar-refractivity contribution in [2.75, 3.05) is 12.4 Å². The quantitative estimate of drug-likeness (QED) is 0.176. The Morgan fingerprint density at radius 1 is 1.00 bits per heavy atom. The highest BCUT2D eigenvalue weighted by atomic mass is 79.9. The van der Waals surface area contributed by atoms with Gasteiger partial charge in [0.25, 0.3) is 0 Å². The lowest BCUT2D eigenvalue weighted by atomic mass is 9.77. The van der Waals surface area contributed by atoms with E-state index in [9.17, 15) is 0 Å². The molecular weight excluding hydrogens is 548 g/mol. The van der Waals surface area contributed by atoms with Crippen LogP contribution in [0.3, 0.4) is 0 Å². The van der Waals surface area contributed by atoms with Crippen LogP contribution in [0.15, 0.2) is 107 Å². The number of ether oxygens (including phenoxy) is 2. The molecule has 3 atom stereocenters. The maximum absolute atomic E-state index is 6.10. The summed E-state index contributed by atoms with van der Waals surface area (Å²) in [6.07, 6.45) is 7.66. The molecule has 0 spiro atoms. The van der Waals surface area contributed by atoms with E-state index in [2.05, 4.69) is 113 Å². The van der Waals surface area contributed by atoms with Crippen molar-refractivity contribution in [3.63, 3.8) is 0 Å². The highest BCUT2D eigenvalue weighted by molar-refractivity contribution is 9.10. The van der Waals surface area contributed by atoms with Crippen LogP contribution in [0.4, 0.5) is 11.4 Å². The van der Waals surface area contributed by atoms with Gasteiger partial charge in [-0.15, -0.1) is 0 Å². The SMILES string of the molecule is COc1cc(C=Nc2ccc([C@@H]3Nc4ccccc4[C@@H]4C=CC[C@@H]43)cc2)cc(Br)c1OCc1ccc(C)cc1. The largest absolute Gasteiger partial charge is 0.493 e. The van der Waals surface area contributed by atoms with E-state index < -0.39 is 0 Å². The average Bonchev–Trinajstić information content (AvgIpc) is 3.46. The third kappa shape index (κ3) is 5.37. The molecule has 5 heteroatoms. The first-order valence-electron chi connectivity index (χ1n) is 13.3. The maximum atomic E-state index is 6.10. The van der Waals surface area contributed by atoms with Gasteiger partial charge in [-0.3, -0.25) is 4.99 Å². The van der Waals surface area contributed by atoms with Crippen molar-refractivity contribution in [2.45, 2.75) is 31.9 Å². The molecule has 1 heterocycles. The molecule has 196 valence electrons. The summed E-state index contributed by atoms with van der Waals surface area (Å²) in [6, 6.07) is 29.8. The third-order valence-electron chi connectivity index (χ3n) is 7.64. The number of aryl methyl sites for hydroxylation is 1. The topological polar surface area (TPSA) is 42.8 Å². The van der Waals surface area contributed by atoms with Gasteiger partial charge in [-0.1, -0.05) is 72.3 Å². The van der Waals surface area contributed by atoms with E-state index in [1.165, 1.54) is 22.4 Å². The standard InChI is InChI=1S/C34H31BrN2O2/c1-22-10-12-23(13-11-22)21-39-34-30(35)18-24(19-32(34)38-2)20-36-26-16-14-25(15-17-26)33-29-8-5-7-27(29)28-6-3-4-9-31(28)37-33/h3-7,9-20,27,29,33,37H,8,21H2,1-2H3/t27-,29-,33-/m0/s1. The van der Waals surface area contributed by atoms with Crippen LogP contribution in [0.25, 0.3) is 0 Å². The first-order valence-corrected chi connectivity index (χ1v) is 14.1. The molecule has 39 heavy (non-hydrogen) atoms. The van der Waals surface area contributed by atoms with Crippen LogP contribution in [0.1, 0.15) is 46.2 Å². The third-order valence-corrected chi connectivity index (χ3v) is 8.23. The fraction of sp³-hybridized carbons (Fsp3) is 0.206. The second kappa shape index (κ2) is 11.1. The summed E-state index contributed by atoms with van der Waals surface area (Å²) >= 11 is 3.66. The number of aliphatic imine (C=N–C) groups is 1. The van der Waals surface area contributed by atoms with Crippen LogP contribution in [-0.4, -0.2) is 13.3 Å². The summed E-state index contributed by atoms with van der Waals surface area (Å²) in [5, 5.41) is 3.80. The zero-order chi connectivity index (χ0) is 26.8. The van der Waals surface area contributed by atoms with Crippen molar-refractivity contribution in [3.8, 4) is 11.5 Å². The molecule has 2 aliphatic rings. The summed E-state index contributed by atoms with van der Waals surface area (Å²) in [6.45, 7) is 2.54. The number of anilines is 1. The van der Waals surface area contributed by atoms with Gasteiger partial charge in [-0.2, -0.15) is 0 Å². The number of rotatable bonds is 7. The molecule has 4 aromatic rings. The Hall–Kier alpha value is -3.83. The number of methoxy groups -OCH3 is 1. The predicted octanol–water partition coefficient (Wildman–Crippen LogP) is 8.92. The minimum atomic E-state index is 0.283. The summed E-state index contributed by atoms with van der Waals surface area (Å²) in [7, 11) is 1.66. The molecule has 6 rings (SSSR count). The Morgan fingerprint density at radius 3 is 2.59 bits per heavy atom. The normalized spacial score (nSPS) is 19.4. The molecule has 4 aromatic carbocycles. The molecule has 0 aromatic heterocycles. The minimum absolute atomic E-state index is 0.283. The maximum Gasteiger partial charge on any atom is 0.175 e. The lowest BCUT2D eigenvalue weighted by Crippen LogP contribution is -2.28. The van der Waals surface area contributed by atoms with E-state index >= 15 is 0 Å². The van der Waals surface area contributed by atoms with Crippen LogP contribution in [0.5, 0.6) is 11.5 Å². The molecule has 1 aliphatic heterocycles. The van der Waals surface area contributed by atoms with Crippen LogP contribution in [0, 0.1) is 12.8 Å². The van der Waals surface area contributed by atoms with Gasteiger partial charge in [0.2, 0.25) is 0 Å². The second-order valence-electron chi connectivity index (χ2n) is 10.2. The van der Waals surface area contributed by atoms with E-state index in [1.807, 2.05) is 18.3 Å². The zero-order valence-corrected chi connectivity index (χ0v) is 23.7. The van der Waals surface area contributed by atoms with Gasteiger partial charge in [0, 0.05) is 17.8 Å². The minimum Gasteiger partial charge on any atom is -0.493 e. The lowest BCUT2D eigenvalue weighted by Gasteiger charge is -2.37. The van der Waals surface area contributed by atoms with E-state index in [-0.39, 0.29) is 6.04 Å². The van der Waals surface area contributed by atoms with Crippen molar-refractivity contribution in [3.05, 3.63) is 129 Å². The van der Waals surface area contributed by atoms with Crippen LogP contribution < -0.4 is 14.8 Å². The van der Waals surface area contributed by atoms with Crippen molar-refractivity contribution in [1.29, 1.82) is 0 Å². The molecule has 1 aliphatic carbocycles. The van der Waals surface area contributed by atoms with Crippen molar-refractivity contribution >= 4 is 33.5 Å². The number of nitrogens with zero attached hydrogens (tertiary/aromatic N) is 1. The Bertz CT molecular complexity index is 1530. The second-order valence-corrected chi connectivity index (χ2v) is 11.1. The van der Waals surface area contributed by atoms with E-state index in [1.54, 1.807) is 7.11 Å². The molecule has 4 nitrogen and oxygen atoms in total. The first-order chi connectivity index (χ1) is 19.1. The Balaban J connectivity index is 1.16. The van der Waals surface area contributed by atoms with Gasteiger partial charge in [0.05, 0.1) is 23.3 Å². The number of para-hydroxylation sites is 1. The number of hydrogen-bond acceptors (Lipinski definition) is 4. The van der Waals surface area contributed by atoms with Gasteiger partial charge in [0.1, 0.15) is 6.61 Å². The molecule has 0 unspecified atom stereocenters. The molecule has 0 bridgehead atoms. The van der Waals surface area contributed by atoms with Crippen LogP contribution >= 0.6 is 15.9 Å². The van der Waals surface area contributed by atoms with Crippen molar-refractivity contribution < 1.29 is 9.47 Å². The summed E-state index contributed by atoms with van der Waals surface area (Å²) < 4.78 is 12.6. The summed E-state index contributed by atoms with van der Waals surface area (Å²) in [5.41, 5.74) is 8.11. The number of nitrogens with one attached hydrogen (secondary N) is 1. The lowest BCUT2D eigenvalue weighted by molar-refractivity contribution is 0.282. The first kappa shape index (κ1) is 25.4. The Labute approximate surface area is 238 Å². The summed E-state index contributed by atoms with van der Waals surface area (Å²) in [5.74, 6) is 2.35. The van der Waals surface area contributed by atoms with E-state index in [0.717, 1.165) is 27.7 Å². The van der Waals surface area contributed by atoms with Crippen molar-refractivity contribution in [2.24, 2.45) is 10.9 Å². The number of allylic oxidation sites excluding steroid dienone is 2. The van der Waals surface area contributed by atoms with Crippen LogP contribution in [-0.2, 0) is 6.61 Å². The fourth-order valence-electron chi connectivity index (χ4n) is 5.58. The number of hydrogen-bond donors (Lipinski definition) is 1. The molecule has 1 N–H and O–H groups in total. The molecule has 0 fully saturated rings. The number of benzene rings is 4. The summed E-state index contributed by atoms with van der Waals surface area (Å²) in [4.78, 5) is 4.74. The Kier molecular flexibility index (Phi) is 7.25. The van der Waals surface area contributed by atoms with Gasteiger partial charge >= 0.3 is 0 Å². The van der Waals surface area contributed by atoms with Crippen molar-refractivity contribution in [1.82, 2.24) is 0 Å². The van der Waals surface area contributed by atoms with E-state index in [0.29, 0.717) is 29.9 Å². The number of halogens is 1. The van der Waals surface area contributed by atoms with Gasteiger partial charge in [0.15, 0.2) is 11.5 Å². The monoisotopic (exact) mass is 578 g/mol. The predicted molar refractivity (Wildman–Crippen MR) is 163 cm³/mol. The molecule has 0 saturated heterocycles. The zero-order valence-electron chi connectivity index (χ0n) is 22.1. The fourth-order valence-corrected chi connectivity index (χ4v) is 6.16. The molecule has 0 saturated carbocycles. The van der Waals surface area contributed by atoms with Gasteiger partial charge < -0.3 is 14.8 Å². The molecule has 0 amide bonds.